The summed E-state index contributed by atoms with van der Waals surface area (Å²) < 4.78 is 5.43. The maximum atomic E-state index is 12.7. The Morgan fingerprint density at radius 3 is 2.79 bits per heavy atom. The third-order valence-electron chi connectivity index (χ3n) is 5.53. The Hall–Kier alpha value is -2.37. The van der Waals surface area contributed by atoms with Gasteiger partial charge in [-0.05, 0) is 32.4 Å². The van der Waals surface area contributed by atoms with E-state index in [1.54, 1.807) is 18.3 Å². The molecule has 0 saturated carbocycles. The first-order valence-corrected chi connectivity index (χ1v) is 9.97. The van der Waals surface area contributed by atoms with Gasteiger partial charge in [0.15, 0.2) is 0 Å². The number of nitrogens with one attached hydrogen (secondary N) is 1. The number of carbonyl (C=O) groups excluding carboxylic acids is 1. The van der Waals surface area contributed by atoms with E-state index in [2.05, 4.69) is 40.0 Å². The van der Waals surface area contributed by atoms with Crippen LogP contribution in [0.2, 0.25) is 0 Å². The molecule has 1 aromatic heterocycles. The maximum absolute atomic E-state index is 12.7. The minimum atomic E-state index is -0.104. The topological polar surface area (TPSA) is 84.7 Å². The minimum Gasteiger partial charge on any atom is -0.379 e. The van der Waals surface area contributed by atoms with Crippen molar-refractivity contribution in [3.8, 4) is 6.07 Å². The lowest BCUT2D eigenvalue weighted by Crippen LogP contribution is -2.56. The molecule has 1 N–H and O–H groups in total. The minimum absolute atomic E-state index is 0.0234. The zero-order chi connectivity index (χ0) is 20.0. The third-order valence-corrected chi connectivity index (χ3v) is 5.53. The fraction of sp³-hybridized carbons (Fsp3) is 0.650. The number of anilines is 1. The van der Waals surface area contributed by atoms with E-state index in [-0.39, 0.29) is 11.6 Å². The van der Waals surface area contributed by atoms with Crippen LogP contribution < -0.4 is 10.2 Å². The van der Waals surface area contributed by atoms with E-state index in [1.165, 1.54) is 0 Å². The van der Waals surface area contributed by atoms with Crippen LogP contribution in [-0.4, -0.2) is 85.4 Å². The number of aromatic nitrogens is 1. The molecule has 0 aromatic carbocycles. The summed E-state index contributed by atoms with van der Waals surface area (Å²) in [6.45, 7) is 11.0. The highest BCUT2D eigenvalue weighted by Gasteiger charge is 2.29. The van der Waals surface area contributed by atoms with Crippen molar-refractivity contribution >= 4 is 11.8 Å². The summed E-state index contributed by atoms with van der Waals surface area (Å²) >= 11 is 0. The molecule has 3 rings (SSSR count). The maximum Gasteiger partial charge on any atom is 0.317 e. The first-order valence-electron chi connectivity index (χ1n) is 9.97. The Balaban J connectivity index is 1.53. The van der Waals surface area contributed by atoms with Crippen molar-refractivity contribution in [2.45, 2.75) is 25.8 Å². The summed E-state index contributed by atoms with van der Waals surface area (Å²) in [7, 11) is 0. The molecule has 2 fully saturated rings. The molecule has 2 aliphatic heterocycles. The lowest BCUT2D eigenvalue weighted by molar-refractivity contribution is -0.00903. The van der Waals surface area contributed by atoms with Crippen LogP contribution in [0.4, 0.5) is 10.6 Å². The van der Waals surface area contributed by atoms with Crippen LogP contribution in [0.3, 0.4) is 0 Å². The molecule has 0 aliphatic carbocycles. The van der Waals surface area contributed by atoms with Gasteiger partial charge in [0.1, 0.15) is 11.9 Å². The molecule has 0 bridgehead atoms. The highest BCUT2D eigenvalue weighted by Crippen LogP contribution is 2.19. The summed E-state index contributed by atoms with van der Waals surface area (Å²) in [6.07, 6.45) is 2.56. The Morgan fingerprint density at radius 1 is 1.25 bits per heavy atom. The molecule has 0 atom stereocenters. The van der Waals surface area contributed by atoms with Gasteiger partial charge in [-0.2, -0.15) is 5.26 Å². The number of nitriles is 1. The van der Waals surface area contributed by atoms with Gasteiger partial charge in [0, 0.05) is 57.5 Å². The Kier molecular flexibility index (Phi) is 6.70. The van der Waals surface area contributed by atoms with E-state index in [9.17, 15) is 10.1 Å². The number of hydrogen-bond donors (Lipinski definition) is 1. The highest BCUT2D eigenvalue weighted by atomic mass is 16.5. The van der Waals surface area contributed by atoms with Crippen molar-refractivity contribution in [1.29, 1.82) is 5.26 Å². The SMILES string of the molecule is CC(C)(CNC(=O)N1CCCN(c2ncccc2C#N)CC1)N1CCOCC1. The molecule has 8 nitrogen and oxygen atoms in total. The Bertz CT molecular complexity index is 711. The molecule has 28 heavy (non-hydrogen) atoms. The quantitative estimate of drug-likeness (QED) is 0.839. The van der Waals surface area contributed by atoms with Crippen molar-refractivity contribution in [2.75, 3.05) is 63.9 Å². The summed E-state index contributed by atoms with van der Waals surface area (Å²) in [4.78, 5) is 23.4. The molecule has 0 spiro atoms. The summed E-state index contributed by atoms with van der Waals surface area (Å²) in [5.41, 5.74) is 0.472. The van der Waals surface area contributed by atoms with Crippen molar-refractivity contribution < 1.29 is 9.53 Å². The number of carbonyl (C=O) groups is 1. The van der Waals surface area contributed by atoms with Crippen LogP contribution in [0.15, 0.2) is 18.3 Å². The monoisotopic (exact) mass is 386 g/mol. The van der Waals surface area contributed by atoms with Gasteiger partial charge in [0.25, 0.3) is 0 Å². The molecular weight excluding hydrogens is 356 g/mol. The van der Waals surface area contributed by atoms with Gasteiger partial charge < -0.3 is 19.9 Å². The Morgan fingerprint density at radius 2 is 2.04 bits per heavy atom. The molecular formula is C20H30N6O2. The zero-order valence-corrected chi connectivity index (χ0v) is 16.9. The second-order valence-electron chi connectivity index (χ2n) is 7.88. The van der Waals surface area contributed by atoms with Gasteiger partial charge in [-0.1, -0.05) is 0 Å². The normalized spacial score (nSPS) is 19.0. The first-order chi connectivity index (χ1) is 13.5. The average Bonchev–Trinajstić information content (AvgIpc) is 2.99. The molecule has 2 amide bonds. The second kappa shape index (κ2) is 9.22. The van der Waals surface area contributed by atoms with E-state index in [0.717, 1.165) is 39.3 Å². The molecule has 1 aromatic rings. The molecule has 0 unspecified atom stereocenters. The van der Waals surface area contributed by atoms with Crippen molar-refractivity contribution in [1.82, 2.24) is 20.1 Å². The number of ether oxygens (including phenoxy) is 1. The van der Waals surface area contributed by atoms with Crippen molar-refractivity contribution in [3.63, 3.8) is 0 Å². The summed E-state index contributed by atoms with van der Waals surface area (Å²) in [5.74, 6) is 0.709. The lowest BCUT2D eigenvalue weighted by atomic mass is 10.0. The molecule has 3 heterocycles. The second-order valence-corrected chi connectivity index (χ2v) is 7.88. The molecule has 2 aliphatic rings. The molecule has 8 heteroatoms. The smallest absolute Gasteiger partial charge is 0.317 e. The van der Waals surface area contributed by atoms with E-state index in [4.69, 9.17) is 4.74 Å². The average molecular weight is 387 g/mol. The zero-order valence-electron chi connectivity index (χ0n) is 16.9. The number of amides is 2. The highest BCUT2D eigenvalue weighted by molar-refractivity contribution is 5.74. The molecule has 2 saturated heterocycles. The van der Waals surface area contributed by atoms with E-state index >= 15 is 0 Å². The van der Waals surface area contributed by atoms with E-state index in [0.29, 0.717) is 37.6 Å². The number of hydrogen-bond acceptors (Lipinski definition) is 6. The van der Waals surface area contributed by atoms with Crippen LogP contribution in [0, 0.1) is 11.3 Å². The summed E-state index contributed by atoms with van der Waals surface area (Å²) in [6, 6.07) is 5.74. The van der Waals surface area contributed by atoms with E-state index < -0.39 is 0 Å². The van der Waals surface area contributed by atoms with Gasteiger partial charge >= 0.3 is 6.03 Å². The van der Waals surface area contributed by atoms with Crippen LogP contribution >= 0.6 is 0 Å². The molecule has 0 radical (unpaired) electrons. The fourth-order valence-corrected chi connectivity index (χ4v) is 3.75. The number of urea groups is 1. The Labute approximate surface area is 167 Å². The van der Waals surface area contributed by atoms with E-state index in [1.807, 2.05) is 4.90 Å². The van der Waals surface area contributed by atoms with Crippen LogP contribution in [0.5, 0.6) is 0 Å². The van der Waals surface area contributed by atoms with Gasteiger partial charge in [0.05, 0.1) is 18.8 Å². The first kappa shape index (κ1) is 20.4. The predicted octanol–water partition coefficient (Wildman–Crippen LogP) is 1.29. The van der Waals surface area contributed by atoms with Gasteiger partial charge in [-0.25, -0.2) is 9.78 Å². The van der Waals surface area contributed by atoms with Crippen LogP contribution in [-0.2, 0) is 4.74 Å². The molecule has 152 valence electrons. The number of nitrogens with zero attached hydrogens (tertiary/aromatic N) is 5. The number of pyridine rings is 1. The number of morpholine rings is 1. The van der Waals surface area contributed by atoms with Gasteiger partial charge in [-0.15, -0.1) is 0 Å². The predicted molar refractivity (Wildman–Crippen MR) is 107 cm³/mol. The van der Waals surface area contributed by atoms with Gasteiger partial charge in [-0.3, -0.25) is 4.90 Å². The van der Waals surface area contributed by atoms with Crippen LogP contribution in [0.1, 0.15) is 25.8 Å². The largest absolute Gasteiger partial charge is 0.379 e. The standard InChI is InChI=1S/C20H30N6O2/c1-20(2,26-11-13-28-14-12-26)16-23-19(27)25-8-4-7-24(9-10-25)18-17(15-21)5-3-6-22-18/h3,5-6H,4,7-14,16H2,1-2H3,(H,23,27). The fourth-order valence-electron chi connectivity index (χ4n) is 3.75. The lowest BCUT2D eigenvalue weighted by Gasteiger charge is -2.41. The van der Waals surface area contributed by atoms with Gasteiger partial charge in [0.2, 0.25) is 0 Å². The number of rotatable bonds is 4. The third kappa shape index (κ3) is 4.91. The van der Waals surface area contributed by atoms with Crippen molar-refractivity contribution in [2.24, 2.45) is 0 Å². The van der Waals surface area contributed by atoms with Crippen molar-refractivity contribution in [3.05, 3.63) is 23.9 Å². The summed E-state index contributed by atoms with van der Waals surface area (Å²) in [5, 5.41) is 12.4. The van der Waals surface area contributed by atoms with Crippen LogP contribution in [0.25, 0.3) is 0 Å².